The van der Waals surface area contributed by atoms with Gasteiger partial charge in [0, 0.05) is 48.7 Å². The van der Waals surface area contributed by atoms with Crippen molar-refractivity contribution in [1.82, 2.24) is 30.2 Å². The highest BCUT2D eigenvalue weighted by molar-refractivity contribution is 5.77. The molecule has 1 aliphatic heterocycles. The van der Waals surface area contributed by atoms with Crippen molar-refractivity contribution in [2.75, 3.05) is 25.1 Å². The number of carbonyl (C=O) groups is 1. The second-order valence-corrected chi connectivity index (χ2v) is 9.15. The summed E-state index contributed by atoms with van der Waals surface area (Å²) in [5.74, 6) is 0.400. The van der Waals surface area contributed by atoms with Crippen LogP contribution in [0.15, 0.2) is 61.1 Å². The molecule has 4 heterocycles. The number of anilines is 2. The van der Waals surface area contributed by atoms with E-state index < -0.39 is 6.29 Å². The van der Waals surface area contributed by atoms with Gasteiger partial charge in [0.25, 0.3) is 0 Å². The second-order valence-electron chi connectivity index (χ2n) is 9.15. The lowest BCUT2D eigenvalue weighted by molar-refractivity contribution is -0.232. The molecule has 0 spiro atoms. The number of benzene rings is 1. The van der Waals surface area contributed by atoms with Crippen LogP contribution in [0.5, 0.6) is 0 Å². The average Bonchev–Trinajstić information content (AvgIpc) is 3.35. The number of aromatic amines is 1. The third-order valence-electron chi connectivity index (χ3n) is 5.84. The molecule has 0 bridgehead atoms. The Hall–Kier alpha value is -4.22. The maximum Gasteiger partial charge on any atom is 0.227 e. The minimum atomic E-state index is -0.741. The fourth-order valence-electron chi connectivity index (χ4n) is 3.87. The maximum atomic E-state index is 13.6. The van der Waals surface area contributed by atoms with Crippen LogP contribution in [-0.4, -0.2) is 50.6 Å². The molecule has 1 saturated heterocycles. The van der Waals surface area contributed by atoms with E-state index in [1.807, 2.05) is 19.1 Å². The van der Waals surface area contributed by atoms with E-state index in [4.69, 9.17) is 14.5 Å². The number of ether oxygens (including phenoxy) is 2. The number of pyridine rings is 1. The van der Waals surface area contributed by atoms with Crippen molar-refractivity contribution in [2.24, 2.45) is 5.41 Å². The van der Waals surface area contributed by atoms with E-state index in [2.05, 4.69) is 30.6 Å². The van der Waals surface area contributed by atoms with E-state index in [9.17, 15) is 9.18 Å². The smallest absolute Gasteiger partial charge is 0.227 e. The van der Waals surface area contributed by atoms with Crippen molar-refractivity contribution in [3.63, 3.8) is 0 Å². The van der Waals surface area contributed by atoms with Crippen LogP contribution < -0.4 is 10.6 Å². The summed E-state index contributed by atoms with van der Waals surface area (Å²) in [5, 5.41) is 5.97. The molecular formula is C26H26FN7O3. The van der Waals surface area contributed by atoms with Gasteiger partial charge in [-0.2, -0.15) is 0 Å². The van der Waals surface area contributed by atoms with Crippen LogP contribution >= 0.6 is 0 Å². The zero-order valence-corrected chi connectivity index (χ0v) is 20.4. The van der Waals surface area contributed by atoms with Gasteiger partial charge < -0.3 is 25.1 Å². The van der Waals surface area contributed by atoms with Gasteiger partial charge in [0.1, 0.15) is 5.82 Å². The van der Waals surface area contributed by atoms with E-state index in [-0.39, 0.29) is 17.1 Å². The normalized spacial score (nSPS) is 19.4. The van der Waals surface area contributed by atoms with Gasteiger partial charge in [-0.25, -0.2) is 19.3 Å². The number of carbonyl (C=O) groups excluding carboxylic acids is 1. The number of hydrogen-bond acceptors (Lipinski definition) is 8. The molecule has 37 heavy (non-hydrogen) atoms. The summed E-state index contributed by atoms with van der Waals surface area (Å²) in [6.45, 7) is 4.63. The van der Waals surface area contributed by atoms with Crippen molar-refractivity contribution in [1.29, 1.82) is 0 Å². The van der Waals surface area contributed by atoms with Crippen LogP contribution in [0.4, 0.5) is 16.0 Å². The SMILES string of the molecule is CC(=O)NCC1(C)COC(c2nc(-c3ccc(F)cc3)c(-c3ccnc(Nc4ccncc4)n3)[nH]2)OC1. The maximum absolute atomic E-state index is 13.6. The highest BCUT2D eigenvalue weighted by Crippen LogP contribution is 2.35. The molecule has 5 rings (SSSR count). The first-order valence-electron chi connectivity index (χ1n) is 11.7. The first-order valence-corrected chi connectivity index (χ1v) is 11.7. The predicted molar refractivity (Wildman–Crippen MR) is 134 cm³/mol. The molecule has 0 aliphatic carbocycles. The summed E-state index contributed by atoms with van der Waals surface area (Å²) in [5.41, 5.74) is 2.89. The van der Waals surface area contributed by atoms with Crippen LogP contribution in [0, 0.1) is 11.2 Å². The van der Waals surface area contributed by atoms with Gasteiger partial charge in [-0.3, -0.25) is 9.78 Å². The number of H-pyrrole nitrogens is 1. The van der Waals surface area contributed by atoms with Crippen LogP contribution in [-0.2, 0) is 14.3 Å². The number of nitrogens with one attached hydrogen (secondary N) is 3. The second kappa shape index (κ2) is 10.4. The van der Waals surface area contributed by atoms with Gasteiger partial charge in [0.15, 0.2) is 5.82 Å². The van der Waals surface area contributed by atoms with E-state index in [1.165, 1.54) is 19.1 Å². The third kappa shape index (κ3) is 5.79. The highest BCUT2D eigenvalue weighted by Gasteiger charge is 2.35. The van der Waals surface area contributed by atoms with Crippen molar-refractivity contribution in [2.45, 2.75) is 20.1 Å². The number of amides is 1. The quantitative estimate of drug-likeness (QED) is 0.345. The molecule has 3 N–H and O–H groups in total. The molecule has 1 aromatic carbocycles. The van der Waals surface area contributed by atoms with E-state index >= 15 is 0 Å². The fourth-order valence-corrected chi connectivity index (χ4v) is 3.87. The summed E-state index contributed by atoms with van der Waals surface area (Å²) in [6, 6.07) is 11.5. The Morgan fingerprint density at radius 1 is 1.08 bits per heavy atom. The molecule has 190 valence electrons. The minimum Gasteiger partial charge on any atom is -0.356 e. The lowest BCUT2D eigenvalue weighted by Gasteiger charge is -2.36. The summed E-state index contributed by atoms with van der Waals surface area (Å²) < 4.78 is 25.6. The lowest BCUT2D eigenvalue weighted by atomic mass is 9.92. The molecule has 0 unspecified atom stereocenters. The van der Waals surface area contributed by atoms with E-state index in [0.717, 1.165) is 5.69 Å². The molecular weight excluding hydrogens is 477 g/mol. The Morgan fingerprint density at radius 3 is 2.51 bits per heavy atom. The first-order chi connectivity index (χ1) is 17.9. The Morgan fingerprint density at radius 2 is 1.81 bits per heavy atom. The van der Waals surface area contributed by atoms with Gasteiger partial charge in [0.2, 0.25) is 18.1 Å². The van der Waals surface area contributed by atoms with Gasteiger partial charge in [0.05, 0.1) is 30.3 Å². The largest absolute Gasteiger partial charge is 0.356 e. The zero-order valence-electron chi connectivity index (χ0n) is 20.4. The first kappa shape index (κ1) is 24.5. The molecule has 0 atom stereocenters. The summed E-state index contributed by atoms with van der Waals surface area (Å²) in [6.07, 6.45) is 4.24. The number of rotatable bonds is 7. The number of aromatic nitrogens is 5. The van der Waals surface area contributed by atoms with E-state index in [1.54, 1.807) is 36.8 Å². The predicted octanol–water partition coefficient (Wildman–Crippen LogP) is 4.00. The number of hydrogen-bond donors (Lipinski definition) is 3. The van der Waals surface area contributed by atoms with Gasteiger partial charge in [-0.05, 0) is 42.5 Å². The number of nitrogens with zero attached hydrogens (tertiary/aromatic N) is 4. The monoisotopic (exact) mass is 503 g/mol. The Labute approximate surface area is 212 Å². The minimum absolute atomic E-state index is 0.106. The Kier molecular flexibility index (Phi) is 6.89. The van der Waals surface area contributed by atoms with Crippen molar-refractivity contribution < 1.29 is 18.7 Å². The third-order valence-corrected chi connectivity index (χ3v) is 5.84. The standard InChI is InChI=1S/C26H26FN7O3/c1-16(35)30-13-26(2)14-36-24(37-15-26)23-33-21(17-3-5-18(27)6-4-17)22(34-23)20-9-12-29-25(32-20)31-19-7-10-28-11-8-19/h3-12,24H,13-15H2,1-2H3,(H,30,35)(H,33,34)(H,28,29,31,32). The van der Waals surface area contributed by atoms with Crippen LogP contribution in [0.3, 0.4) is 0 Å². The van der Waals surface area contributed by atoms with Crippen molar-refractivity contribution >= 4 is 17.5 Å². The van der Waals surface area contributed by atoms with Gasteiger partial charge >= 0.3 is 0 Å². The van der Waals surface area contributed by atoms with Crippen LogP contribution in [0.25, 0.3) is 22.6 Å². The van der Waals surface area contributed by atoms with Crippen molar-refractivity contribution in [3.8, 4) is 22.6 Å². The Bertz CT molecular complexity index is 1370. The summed E-state index contributed by atoms with van der Waals surface area (Å²) >= 11 is 0. The zero-order chi connectivity index (χ0) is 25.8. The molecule has 4 aromatic rings. The molecule has 3 aromatic heterocycles. The fraction of sp³-hybridized carbons (Fsp3) is 0.269. The molecule has 1 aliphatic rings. The molecule has 1 amide bonds. The van der Waals surface area contributed by atoms with Crippen molar-refractivity contribution in [3.05, 3.63) is 72.7 Å². The average molecular weight is 504 g/mol. The van der Waals surface area contributed by atoms with Crippen LogP contribution in [0.2, 0.25) is 0 Å². The highest BCUT2D eigenvalue weighted by atomic mass is 19.1. The molecule has 11 heteroatoms. The summed E-state index contributed by atoms with van der Waals surface area (Å²) in [7, 11) is 0. The van der Waals surface area contributed by atoms with Gasteiger partial charge in [-0.15, -0.1) is 0 Å². The number of imidazole rings is 1. The molecule has 1 fully saturated rings. The van der Waals surface area contributed by atoms with E-state index in [0.29, 0.717) is 54.2 Å². The molecule has 0 radical (unpaired) electrons. The topological polar surface area (TPSA) is 127 Å². The lowest BCUT2D eigenvalue weighted by Crippen LogP contribution is -2.45. The van der Waals surface area contributed by atoms with Gasteiger partial charge in [-0.1, -0.05) is 6.92 Å². The van der Waals surface area contributed by atoms with Crippen LogP contribution in [0.1, 0.15) is 26.0 Å². The Balaban J connectivity index is 1.44. The summed E-state index contributed by atoms with van der Waals surface area (Å²) in [4.78, 5) is 32.4. The number of halogens is 1. The molecule has 0 saturated carbocycles. The molecule has 10 nitrogen and oxygen atoms in total.